The highest BCUT2D eigenvalue weighted by Crippen LogP contribution is 2.36. The lowest BCUT2D eigenvalue weighted by Gasteiger charge is -2.42. The van der Waals surface area contributed by atoms with Gasteiger partial charge in [-0.25, -0.2) is 0 Å². The summed E-state index contributed by atoms with van der Waals surface area (Å²) in [5.41, 5.74) is -0.0282. The van der Waals surface area contributed by atoms with E-state index in [0.717, 1.165) is 51.6 Å². The van der Waals surface area contributed by atoms with Gasteiger partial charge in [-0.15, -0.1) is 0 Å². The van der Waals surface area contributed by atoms with E-state index in [1.165, 1.54) is 12.8 Å². The first-order chi connectivity index (χ1) is 14.4. The van der Waals surface area contributed by atoms with Crippen molar-refractivity contribution in [3.05, 3.63) is 0 Å². The normalized spacial score (nSPS) is 15.6. The molecule has 0 aromatic carbocycles. The van der Waals surface area contributed by atoms with Crippen molar-refractivity contribution in [1.82, 2.24) is 0 Å². The highest BCUT2D eigenvalue weighted by atomic mass is 31.2. The molecule has 0 heterocycles. The molecule has 0 aromatic heterocycles. The van der Waals surface area contributed by atoms with Crippen molar-refractivity contribution in [2.75, 3.05) is 34.4 Å². The number of carbonyl (C=O) groups is 1. The molecule has 0 saturated heterocycles. The van der Waals surface area contributed by atoms with Gasteiger partial charge in [0.05, 0.1) is 39.8 Å². The highest BCUT2D eigenvalue weighted by Gasteiger charge is 2.29. The third-order valence-corrected chi connectivity index (χ3v) is 5.90. The molecule has 0 bridgehead atoms. The Morgan fingerprint density at radius 1 is 1.03 bits per heavy atom. The van der Waals surface area contributed by atoms with Crippen LogP contribution in [0.2, 0.25) is 0 Å². The number of likely N-dealkylation sites (N-methyl/N-ethyl adjacent to an activating group) is 1. The maximum absolute atomic E-state index is 12.4. The van der Waals surface area contributed by atoms with E-state index < -0.39 is 33.3 Å². The van der Waals surface area contributed by atoms with Crippen LogP contribution in [0.1, 0.15) is 85.0 Å². The lowest BCUT2D eigenvalue weighted by molar-refractivity contribution is -0.973. The summed E-state index contributed by atoms with van der Waals surface area (Å²) >= 11 is 0. The Bertz CT molecular complexity index is 471. The SMILES string of the molecule is CCCCC(C)(C)OCCCCCCCCOP(O)OC(CC(=O)O)C([O-])[N+](C)(C)C. The summed E-state index contributed by atoms with van der Waals surface area (Å²) in [7, 11) is 2.72. The van der Waals surface area contributed by atoms with Crippen molar-refractivity contribution in [2.45, 2.75) is 103 Å². The zero-order valence-corrected chi connectivity index (χ0v) is 21.4. The van der Waals surface area contributed by atoms with Crippen LogP contribution in [0.25, 0.3) is 0 Å². The molecular formula is C22H46NO7P. The minimum atomic E-state index is -2.27. The van der Waals surface area contributed by atoms with E-state index in [-0.39, 0.29) is 10.1 Å². The average molecular weight is 468 g/mol. The van der Waals surface area contributed by atoms with E-state index in [1.54, 1.807) is 21.1 Å². The van der Waals surface area contributed by atoms with Gasteiger partial charge in [-0.05, 0) is 33.1 Å². The Morgan fingerprint density at radius 3 is 2.10 bits per heavy atom. The van der Waals surface area contributed by atoms with Crippen LogP contribution in [0.15, 0.2) is 0 Å². The molecule has 9 heteroatoms. The van der Waals surface area contributed by atoms with Crippen LogP contribution >= 0.6 is 8.60 Å². The third-order valence-electron chi connectivity index (χ3n) is 5.05. The van der Waals surface area contributed by atoms with Gasteiger partial charge in [-0.3, -0.25) is 4.79 Å². The Kier molecular flexibility index (Phi) is 16.1. The molecule has 0 fully saturated rings. The number of hydrogen-bond donors (Lipinski definition) is 2. The minimum absolute atomic E-state index is 0.0115. The predicted molar refractivity (Wildman–Crippen MR) is 121 cm³/mol. The Balaban J connectivity index is 3.87. The van der Waals surface area contributed by atoms with Gasteiger partial charge in [0.25, 0.3) is 0 Å². The second kappa shape index (κ2) is 16.3. The van der Waals surface area contributed by atoms with Gasteiger partial charge in [0.15, 0.2) is 0 Å². The van der Waals surface area contributed by atoms with Gasteiger partial charge in [-0.2, -0.15) is 0 Å². The van der Waals surface area contributed by atoms with Gasteiger partial charge in [-0.1, -0.05) is 45.4 Å². The van der Waals surface area contributed by atoms with Crippen LogP contribution in [-0.2, 0) is 18.6 Å². The number of carboxylic acid groups (broad SMARTS) is 1. The second-order valence-corrected chi connectivity index (χ2v) is 10.6. The number of ether oxygens (including phenoxy) is 1. The first-order valence-corrected chi connectivity index (χ1v) is 12.6. The molecule has 0 amide bonds. The first-order valence-electron chi connectivity index (χ1n) is 11.5. The van der Waals surface area contributed by atoms with Gasteiger partial charge >= 0.3 is 14.6 Å². The lowest BCUT2D eigenvalue weighted by Crippen LogP contribution is -2.60. The largest absolute Gasteiger partial charge is 0.804 e. The van der Waals surface area contributed by atoms with E-state index in [9.17, 15) is 14.8 Å². The van der Waals surface area contributed by atoms with Crippen LogP contribution in [0.5, 0.6) is 0 Å². The molecule has 0 rings (SSSR count). The standard InChI is InChI=1S/C22H46NO7P/c1-7-8-15-22(2,3)28-16-13-11-9-10-12-14-17-29-31(27)30-19(18-20(24)25)21(26)23(4,5)6/h19,21,27H,7-18H2,1-6H3,(H,24,25). The zero-order valence-electron chi connectivity index (χ0n) is 20.5. The molecule has 0 aliphatic rings. The average Bonchev–Trinajstić information content (AvgIpc) is 2.65. The molecule has 0 radical (unpaired) electrons. The Labute approximate surface area is 190 Å². The van der Waals surface area contributed by atoms with Gasteiger partial charge in [0.2, 0.25) is 0 Å². The molecular weight excluding hydrogens is 421 g/mol. The van der Waals surface area contributed by atoms with Crippen molar-refractivity contribution >= 4 is 14.6 Å². The van der Waals surface area contributed by atoms with Crippen LogP contribution in [0.4, 0.5) is 0 Å². The quantitative estimate of drug-likeness (QED) is 0.121. The van der Waals surface area contributed by atoms with Crippen molar-refractivity contribution in [2.24, 2.45) is 0 Å². The fourth-order valence-electron chi connectivity index (χ4n) is 3.08. The van der Waals surface area contributed by atoms with Crippen molar-refractivity contribution < 1.29 is 38.2 Å². The fraction of sp³-hybridized carbons (Fsp3) is 0.955. The van der Waals surface area contributed by atoms with Gasteiger partial charge < -0.3 is 33.4 Å². The molecule has 0 spiro atoms. The Morgan fingerprint density at radius 2 is 1.58 bits per heavy atom. The van der Waals surface area contributed by atoms with E-state index in [2.05, 4.69) is 20.8 Å². The fourth-order valence-corrected chi connectivity index (χ4v) is 3.84. The second-order valence-electron chi connectivity index (χ2n) is 9.65. The number of hydrogen-bond acceptors (Lipinski definition) is 6. The molecule has 8 nitrogen and oxygen atoms in total. The van der Waals surface area contributed by atoms with Gasteiger partial charge in [0.1, 0.15) is 6.10 Å². The molecule has 0 aliphatic heterocycles. The van der Waals surface area contributed by atoms with Crippen LogP contribution in [0.3, 0.4) is 0 Å². The molecule has 186 valence electrons. The van der Waals surface area contributed by atoms with Crippen molar-refractivity contribution in [1.29, 1.82) is 0 Å². The molecule has 0 aliphatic carbocycles. The molecule has 3 unspecified atom stereocenters. The first kappa shape index (κ1) is 30.7. The summed E-state index contributed by atoms with van der Waals surface area (Å²) in [4.78, 5) is 20.9. The zero-order chi connectivity index (χ0) is 23.9. The Hall–Kier alpha value is -0.340. The highest BCUT2D eigenvalue weighted by molar-refractivity contribution is 7.40. The summed E-state index contributed by atoms with van der Waals surface area (Å²) in [5, 5.41) is 21.3. The molecule has 0 aromatic rings. The summed E-state index contributed by atoms with van der Waals surface area (Å²) in [6.45, 7) is 7.64. The van der Waals surface area contributed by atoms with E-state index in [1.807, 2.05) is 0 Å². The van der Waals surface area contributed by atoms with Crippen molar-refractivity contribution in [3.8, 4) is 0 Å². The van der Waals surface area contributed by atoms with Crippen LogP contribution in [0, 0.1) is 0 Å². The smallest absolute Gasteiger partial charge is 0.330 e. The monoisotopic (exact) mass is 467 g/mol. The summed E-state index contributed by atoms with van der Waals surface area (Å²) < 4.78 is 16.5. The van der Waals surface area contributed by atoms with E-state index >= 15 is 0 Å². The number of nitrogens with zero attached hydrogens (tertiary/aromatic N) is 1. The summed E-state index contributed by atoms with van der Waals surface area (Å²) in [5.74, 6) is -1.14. The van der Waals surface area contributed by atoms with E-state index in [0.29, 0.717) is 6.61 Å². The van der Waals surface area contributed by atoms with Gasteiger partial charge in [0, 0.05) is 12.8 Å². The third kappa shape index (κ3) is 16.9. The number of rotatable bonds is 20. The number of unbranched alkanes of at least 4 members (excludes halogenated alkanes) is 6. The van der Waals surface area contributed by atoms with Crippen molar-refractivity contribution in [3.63, 3.8) is 0 Å². The predicted octanol–water partition coefficient (Wildman–Crippen LogP) is 3.80. The summed E-state index contributed by atoms with van der Waals surface area (Å²) in [6, 6.07) is 0. The minimum Gasteiger partial charge on any atom is -0.804 e. The van der Waals surface area contributed by atoms with E-state index in [4.69, 9.17) is 18.9 Å². The van der Waals surface area contributed by atoms with Crippen LogP contribution < -0.4 is 5.11 Å². The maximum Gasteiger partial charge on any atom is 0.330 e. The van der Waals surface area contributed by atoms with Crippen LogP contribution in [-0.4, -0.2) is 72.7 Å². The number of aliphatic carboxylic acids is 1. The maximum atomic E-state index is 12.4. The molecule has 2 N–H and O–H groups in total. The number of carboxylic acids is 1. The lowest BCUT2D eigenvalue weighted by atomic mass is 10.0. The summed E-state index contributed by atoms with van der Waals surface area (Å²) in [6.07, 6.45) is 6.71. The molecule has 3 atom stereocenters. The molecule has 31 heavy (non-hydrogen) atoms. The number of quaternary nitrogens is 1. The molecule has 0 saturated carbocycles. The topological polar surface area (TPSA) is 108 Å².